The fourth-order valence-corrected chi connectivity index (χ4v) is 4.06. The molecule has 0 heterocycles. The Hall–Kier alpha value is -1.35. The van der Waals surface area contributed by atoms with Gasteiger partial charge in [0.25, 0.3) is 0 Å². The molecule has 0 aliphatic heterocycles. The predicted molar refractivity (Wildman–Crippen MR) is 137 cm³/mol. The molecule has 3 nitrogen and oxygen atoms in total. The Bertz CT molecular complexity index is 527. The summed E-state index contributed by atoms with van der Waals surface area (Å²) in [6.07, 6.45) is 19.8. The number of hydrogen-bond donors (Lipinski definition) is 0. The van der Waals surface area contributed by atoms with Crippen LogP contribution in [0.25, 0.3) is 0 Å². The molecule has 0 radical (unpaired) electrons. The van der Waals surface area contributed by atoms with Gasteiger partial charge in [-0.1, -0.05) is 121 Å². The summed E-state index contributed by atoms with van der Waals surface area (Å²) in [5.41, 5.74) is 1.46. The van der Waals surface area contributed by atoms with Gasteiger partial charge in [-0.25, -0.2) is 0 Å². The second kappa shape index (κ2) is 21.5. The highest BCUT2D eigenvalue weighted by Crippen LogP contribution is 2.14. The van der Waals surface area contributed by atoms with Crippen molar-refractivity contribution in [2.45, 2.75) is 123 Å². The van der Waals surface area contributed by atoms with Crippen molar-refractivity contribution in [3.05, 3.63) is 35.9 Å². The van der Waals surface area contributed by atoms with E-state index < -0.39 is 5.97 Å². The maximum Gasteiger partial charge on any atom is 0.104 e. The summed E-state index contributed by atoms with van der Waals surface area (Å²) in [4.78, 5) is 9.92. The van der Waals surface area contributed by atoms with E-state index in [0.29, 0.717) is 0 Å². The van der Waals surface area contributed by atoms with Gasteiger partial charge in [0, 0.05) is 11.5 Å². The lowest BCUT2D eigenvalue weighted by molar-refractivity contribution is -0.903. The van der Waals surface area contributed by atoms with E-state index in [1.807, 2.05) is 0 Å². The van der Waals surface area contributed by atoms with E-state index >= 15 is 0 Å². The number of benzene rings is 1. The van der Waals surface area contributed by atoms with Gasteiger partial charge in [-0.05, 0) is 25.7 Å². The molecule has 0 amide bonds. The first kappa shape index (κ1) is 30.6. The van der Waals surface area contributed by atoms with E-state index in [9.17, 15) is 9.90 Å². The van der Waals surface area contributed by atoms with Crippen LogP contribution in [0.5, 0.6) is 0 Å². The average Bonchev–Trinajstić information content (AvgIpc) is 2.75. The highest BCUT2D eigenvalue weighted by Gasteiger charge is 2.14. The second-order valence-corrected chi connectivity index (χ2v) is 10.0. The van der Waals surface area contributed by atoms with E-state index in [2.05, 4.69) is 58.3 Å². The number of carbonyl (C=O) groups is 1. The Morgan fingerprint density at radius 2 is 1.12 bits per heavy atom. The minimum absolute atomic E-state index is 0.226. The molecule has 0 atom stereocenters. The first-order valence-corrected chi connectivity index (χ1v) is 13.5. The minimum Gasteiger partial charge on any atom is -0.550 e. The van der Waals surface area contributed by atoms with Gasteiger partial charge in [0.15, 0.2) is 0 Å². The Morgan fingerprint density at radius 1 is 0.688 bits per heavy atom. The molecule has 1 rings (SSSR count). The molecule has 1 aromatic rings. The highest BCUT2D eigenvalue weighted by atomic mass is 16.4. The predicted octanol–water partition coefficient (Wildman–Crippen LogP) is 7.28. The van der Waals surface area contributed by atoms with Crippen LogP contribution in [0.2, 0.25) is 0 Å². The highest BCUT2D eigenvalue weighted by molar-refractivity contribution is 5.64. The van der Waals surface area contributed by atoms with Crippen LogP contribution in [-0.4, -0.2) is 31.1 Å². The van der Waals surface area contributed by atoms with E-state index in [1.165, 1.54) is 89.2 Å². The van der Waals surface area contributed by atoms with E-state index in [0.717, 1.165) is 30.3 Å². The quantitative estimate of drug-likeness (QED) is 0.165. The van der Waals surface area contributed by atoms with Gasteiger partial charge >= 0.3 is 0 Å². The molecule has 0 spiro atoms. The molecule has 0 bridgehead atoms. The van der Waals surface area contributed by atoms with Crippen molar-refractivity contribution in [2.75, 3.05) is 20.6 Å². The van der Waals surface area contributed by atoms with Crippen LogP contribution >= 0.6 is 0 Å². The summed E-state index contributed by atoms with van der Waals surface area (Å²) in [5, 5.41) is 9.92. The van der Waals surface area contributed by atoms with Crippen molar-refractivity contribution >= 4 is 5.97 Å². The zero-order valence-corrected chi connectivity index (χ0v) is 21.9. The minimum atomic E-state index is -0.920. The van der Waals surface area contributed by atoms with Gasteiger partial charge in [0.05, 0.1) is 20.6 Å². The van der Waals surface area contributed by atoms with Gasteiger partial charge in [0.1, 0.15) is 6.54 Å². The first-order chi connectivity index (χ1) is 15.4. The van der Waals surface area contributed by atoms with Crippen LogP contribution in [-0.2, 0) is 11.3 Å². The number of aliphatic carboxylic acids is 1. The van der Waals surface area contributed by atoms with Crippen molar-refractivity contribution in [1.82, 2.24) is 0 Å². The van der Waals surface area contributed by atoms with Crippen LogP contribution in [0, 0.1) is 0 Å². The smallest absolute Gasteiger partial charge is 0.104 e. The molecule has 0 aromatic heterocycles. The third-order valence-electron chi connectivity index (χ3n) is 6.05. The van der Waals surface area contributed by atoms with Gasteiger partial charge < -0.3 is 14.4 Å². The fraction of sp³-hybridized carbons (Fsp3) is 0.759. The normalized spacial score (nSPS) is 11.1. The number of carboxylic acids is 1. The Balaban J connectivity index is 0.000000809. The van der Waals surface area contributed by atoms with Crippen LogP contribution in [0.1, 0.15) is 122 Å². The Labute approximate surface area is 200 Å². The van der Waals surface area contributed by atoms with Gasteiger partial charge in [-0.3, -0.25) is 0 Å². The summed E-state index contributed by atoms with van der Waals surface area (Å²) < 4.78 is 1.11. The molecule has 0 fully saturated rings. The SMILES string of the molecule is CCCCCCCC(=O)[O-].CCCCCCCCCCCC[N+](C)(C)Cc1ccccc1. The van der Waals surface area contributed by atoms with Crippen molar-refractivity contribution in [2.24, 2.45) is 0 Å². The van der Waals surface area contributed by atoms with E-state index in [4.69, 9.17) is 0 Å². The monoisotopic (exact) mass is 447 g/mol. The first-order valence-electron chi connectivity index (χ1n) is 13.5. The lowest BCUT2D eigenvalue weighted by Crippen LogP contribution is -2.39. The van der Waals surface area contributed by atoms with Crippen LogP contribution in [0.3, 0.4) is 0 Å². The molecule has 0 aliphatic rings. The number of nitrogens with zero attached hydrogens (tertiary/aromatic N) is 1. The number of carbonyl (C=O) groups excluding carboxylic acids is 1. The molecule has 32 heavy (non-hydrogen) atoms. The van der Waals surface area contributed by atoms with Crippen molar-refractivity contribution in [3.8, 4) is 0 Å². The average molecular weight is 448 g/mol. The topological polar surface area (TPSA) is 40.1 Å². The van der Waals surface area contributed by atoms with Crippen molar-refractivity contribution < 1.29 is 14.4 Å². The zero-order valence-electron chi connectivity index (χ0n) is 21.9. The number of quaternary nitrogens is 1. The third-order valence-corrected chi connectivity index (χ3v) is 6.05. The van der Waals surface area contributed by atoms with Crippen molar-refractivity contribution in [1.29, 1.82) is 0 Å². The van der Waals surface area contributed by atoms with E-state index in [1.54, 1.807) is 0 Å². The maximum atomic E-state index is 9.92. The maximum absolute atomic E-state index is 9.92. The summed E-state index contributed by atoms with van der Waals surface area (Å²) in [5.74, 6) is -0.920. The molecule has 3 heteroatoms. The largest absolute Gasteiger partial charge is 0.550 e. The van der Waals surface area contributed by atoms with Crippen molar-refractivity contribution in [3.63, 3.8) is 0 Å². The molecule has 0 saturated carbocycles. The van der Waals surface area contributed by atoms with Gasteiger partial charge in [-0.2, -0.15) is 0 Å². The molecular weight excluding hydrogens is 394 g/mol. The molecule has 0 unspecified atom stereocenters. The number of carboxylic acid groups (broad SMARTS) is 1. The standard InChI is InChI=1S/C21H38N.C8H16O2/c1-4-5-6-7-8-9-10-11-12-16-19-22(2,3)20-21-17-14-13-15-18-21;1-2-3-4-5-6-7-8(9)10/h13-15,17-18H,4-12,16,19-20H2,1-3H3;2-7H2,1H3,(H,9,10)/q+1;/p-1. The summed E-state index contributed by atoms with van der Waals surface area (Å²) >= 11 is 0. The summed E-state index contributed by atoms with van der Waals surface area (Å²) in [6.45, 7) is 6.88. The molecular formula is C29H53NO2. The second-order valence-electron chi connectivity index (χ2n) is 10.0. The molecule has 0 saturated heterocycles. The molecule has 0 N–H and O–H groups in total. The van der Waals surface area contributed by atoms with Crippen LogP contribution in [0.4, 0.5) is 0 Å². The lowest BCUT2D eigenvalue weighted by atomic mass is 10.1. The number of hydrogen-bond acceptors (Lipinski definition) is 2. The molecule has 0 aliphatic carbocycles. The fourth-order valence-electron chi connectivity index (χ4n) is 4.06. The summed E-state index contributed by atoms with van der Waals surface area (Å²) in [6, 6.07) is 10.9. The van der Waals surface area contributed by atoms with Gasteiger partial charge in [0.2, 0.25) is 0 Å². The van der Waals surface area contributed by atoms with Crippen LogP contribution in [0.15, 0.2) is 30.3 Å². The molecule has 186 valence electrons. The Kier molecular flexibility index (Phi) is 20.6. The third kappa shape index (κ3) is 21.9. The Morgan fingerprint density at radius 3 is 1.59 bits per heavy atom. The zero-order chi connectivity index (χ0) is 23.9. The van der Waals surface area contributed by atoms with Gasteiger partial charge in [-0.15, -0.1) is 0 Å². The summed E-state index contributed by atoms with van der Waals surface area (Å²) in [7, 11) is 4.72. The molecule has 1 aromatic carbocycles. The number of unbranched alkanes of at least 4 members (excludes halogenated alkanes) is 13. The number of rotatable bonds is 19. The lowest BCUT2D eigenvalue weighted by Gasteiger charge is -2.30. The van der Waals surface area contributed by atoms with Crippen LogP contribution < -0.4 is 5.11 Å². The van der Waals surface area contributed by atoms with E-state index in [-0.39, 0.29) is 6.42 Å².